The molecule has 1 heterocycles. The highest BCUT2D eigenvalue weighted by Crippen LogP contribution is 2.36. The van der Waals surface area contributed by atoms with E-state index in [4.69, 9.17) is 4.74 Å². The lowest BCUT2D eigenvalue weighted by molar-refractivity contribution is -0.123. The molecule has 3 rings (SSSR count). The number of benzene rings is 1. The Hall–Kier alpha value is -1.68. The van der Waals surface area contributed by atoms with Gasteiger partial charge in [0.05, 0.1) is 12.7 Å². The monoisotopic (exact) mass is 287 g/mol. The van der Waals surface area contributed by atoms with Gasteiger partial charge < -0.3 is 4.74 Å². The number of hydrogen-bond acceptors (Lipinski definition) is 4. The van der Waals surface area contributed by atoms with Gasteiger partial charge in [0.2, 0.25) is 0 Å². The summed E-state index contributed by atoms with van der Waals surface area (Å²) in [6.45, 7) is 1.95. The lowest BCUT2D eigenvalue weighted by Gasteiger charge is -2.35. The number of Topliss-reactive ketones (excluding diaryl/α,β-unsaturated/α-hetero) is 1. The van der Waals surface area contributed by atoms with Gasteiger partial charge in [0.25, 0.3) is 0 Å². The first-order valence-corrected chi connectivity index (χ1v) is 7.61. The molecule has 0 N–H and O–H groups in total. The molecule has 1 aliphatic heterocycles. The quantitative estimate of drug-likeness (QED) is 0.799. The van der Waals surface area contributed by atoms with Crippen molar-refractivity contribution in [3.63, 3.8) is 0 Å². The van der Waals surface area contributed by atoms with Gasteiger partial charge >= 0.3 is 5.97 Å². The zero-order valence-electron chi connectivity index (χ0n) is 12.4. The van der Waals surface area contributed by atoms with Gasteiger partial charge in [0, 0.05) is 32.0 Å². The van der Waals surface area contributed by atoms with Crippen molar-refractivity contribution in [2.24, 2.45) is 5.92 Å². The van der Waals surface area contributed by atoms with Crippen LogP contribution in [-0.2, 0) is 9.53 Å². The fourth-order valence-electron chi connectivity index (χ4n) is 3.01. The van der Waals surface area contributed by atoms with Crippen LogP contribution in [0.5, 0.6) is 0 Å². The van der Waals surface area contributed by atoms with E-state index in [-0.39, 0.29) is 12.0 Å². The van der Waals surface area contributed by atoms with Crippen LogP contribution in [0, 0.1) is 5.92 Å². The number of ether oxygens (including phenoxy) is 1. The summed E-state index contributed by atoms with van der Waals surface area (Å²) < 4.78 is 4.72. The van der Waals surface area contributed by atoms with E-state index in [1.54, 1.807) is 12.1 Å². The number of ketones is 1. The van der Waals surface area contributed by atoms with E-state index >= 15 is 0 Å². The van der Waals surface area contributed by atoms with Crippen molar-refractivity contribution < 1.29 is 14.3 Å². The molecule has 4 nitrogen and oxygen atoms in total. The minimum Gasteiger partial charge on any atom is -0.465 e. The van der Waals surface area contributed by atoms with E-state index in [1.807, 2.05) is 12.1 Å². The van der Waals surface area contributed by atoms with Gasteiger partial charge in [-0.25, -0.2) is 4.79 Å². The highest BCUT2D eigenvalue weighted by atomic mass is 16.5. The highest BCUT2D eigenvalue weighted by molar-refractivity contribution is 5.89. The fraction of sp³-hybridized carbons (Fsp3) is 0.529. The first-order valence-electron chi connectivity index (χ1n) is 7.61. The molecule has 112 valence electrons. The number of carbonyl (C=O) groups is 2. The summed E-state index contributed by atoms with van der Waals surface area (Å²) in [5.74, 6) is 0.829. The molecule has 1 atom stereocenters. The van der Waals surface area contributed by atoms with Crippen LogP contribution < -0.4 is 0 Å². The smallest absolute Gasteiger partial charge is 0.337 e. The van der Waals surface area contributed by atoms with Crippen molar-refractivity contribution in [1.29, 1.82) is 0 Å². The summed E-state index contributed by atoms with van der Waals surface area (Å²) in [6, 6.07) is 7.65. The first kappa shape index (κ1) is 14.3. The Labute approximate surface area is 125 Å². The maximum absolute atomic E-state index is 11.8. The van der Waals surface area contributed by atoms with Crippen LogP contribution in [0.1, 0.15) is 47.6 Å². The van der Waals surface area contributed by atoms with E-state index in [1.165, 1.54) is 20.0 Å². The molecule has 1 aromatic rings. The van der Waals surface area contributed by atoms with Crippen LogP contribution in [0.25, 0.3) is 0 Å². The SMILES string of the molecule is COC(=O)c1ccc([C@@H]2CC(=O)CCN2CC2CC2)cc1. The highest BCUT2D eigenvalue weighted by Gasteiger charge is 2.32. The van der Waals surface area contributed by atoms with Gasteiger partial charge in [-0.3, -0.25) is 9.69 Å². The number of likely N-dealkylation sites (tertiary alicyclic amines) is 1. The Bertz CT molecular complexity index is 533. The van der Waals surface area contributed by atoms with Gasteiger partial charge in [0.15, 0.2) is 0 Å². The third-order valence-electron chi connectivity index (χ3n) is 4.45. The number of carbonyl (C=O) groups excluding carboxylic acids is 2. The standard InChI is InChI=1S/C17H21NO3/c1-21-17(20)14-6-4-13(5-7-14)16-10-15(19)8-9-18(16)11-12-2-3-12/h4-7,12,16H,2-3,8-11H2,1H3/t16-/m0/s1. The zero-order valence-corrected chi connectivity index (χ0v) is 12.4. The number of nitrogens with zero attached hydrogens (tertiary/aromatic N) is 1. The van der Waals surface area contributed by atoms with Crippen molar-refractivity contribution in [2.75, 3.05) is 20.2 Å². The molecular formula is C17H21NO3. The van der Waals surface area contributed by atoms with Crippen LogP contribution in [0.2, 0.25) is 0 Å². The minimum atomic E-state index is -0.323. The summed E-state index contributed by atoms with van der Waals surface area (Å²) in [5, 5.41) is 0. The van der Waals surface area contributed by atoms with Crippen LogP contribution in [0.3, 0.4) is 0 Å². The van der Waals surface area contributed by atoms with E-state index in [0.717, 1.165) is 24.6 Å². The lowest BCUT2D eigenvalue weighted by Crippen LogP contribution is -2.38. The van der Waals surface area contributed by atoms with E-state index < -0.39 is 0 Å². The zero-order chi connectivity index (χ0) is 14.8. The molecule has 0 unspecified atom stereocenters. The molecule has 2 fully saturated rings. The number of methoxy groups -OCH3 is 1. The topological polar surface area (TPSA) is 46.6 Å². The summed E-state index contributed by atoms with van der Waals surface area (Å²) >= 11 is 0. The largest absolute Gasteiger partial charge is 0.465 e. The number of esters is 1. The molecule has 1 saturated carbocycles. The van der Waals surface area contributed by atoms with Crippen molar-refractivity contribution in [3.8, 4) is 0 Å². The summed E-state index contributed by atoms with van der Waals surface area (Å²) in [5.41, 5.74) is 1.67. The Morgan fingerprint density at radius 1 is 1.29 bits per heavy atom. The number of piperidine rings is 1. The molecule has 1 aromatic carbocycles. The molecule has 2 aliphatic rings. The Morgan fingerprint density at radius 2 is 2.00 bits per heavy atom. The molecule has 0 aromatic heterocycles. The average Bonchev–Trinajstić information content (AvgIpc) is 3.32. The van der Waals surface area contributed by atoms with Crippen molar-refractivity contribution in [2.45, 2.75) is 31.7 Å². The first-order chi connectivity index (χ1) is 10.2. The van der Waals surface area contributed by atoms with E-state index in [9.17, 15) is 9.59 Å². The Morgan fingerprint density at radius 3 is 2.62 bits per heavy atom. The third-order valence-corrected chi connectivity index (χ3v) is 4.45. The van der Waals surface area contributed by atoms with Crippen LogP contribution in [0.4, 0.5) is 0 Å². The normalized spacial score (nSPS) is 23.1. The van der Waals surface area contributed by atoms with Crippen molar-refractivity contribution in [1.82, 2.24) is 4.90 Å². The molecule has 21 heavy (non-hydrogen) atoms. The molecular weight excluding hydrogens is 266 g/mol. The van der Waals surface area contributed by atoms with Gasteiger partial charge in [-0.1, -0.05) is 12.1 Å². The predicted molar refractivity (Wildman–Crippen MR) is 79.1 cm³/mol. The fourth-order valence-corrected chi connectivity index (χ4v) is 3.01. The maximum atomic E-state index is 11.8. The Balaban J connectivity index is 1.77. The lowest BCUT2D eigenvalue weighted by atomic mass is 9.93. The van der Waals surface area contributed by atoms with Crippen molar-refractivity contribution >= 4 is 11.8 Å². The summed E-state index contributed by atoms with van der Waals surface area (Å²) in [4.78, 5) is 25.7. The van der Waals surface area contributed by atoms with E-state index in [2.05, 4.69) is 4.90 Å². The van der Waals surface area contributed by atoms with Crippen molar-refractivity contribution in [3.05, 3.63) is 35.4 Å². The second-order valence-corrected chi connectivity index (χ2v) is 6.06. The van der Waals surface area contributed by atoms with Gasteiger partial charge in [-0.2, -0.15) is 0 Å². The number of hydrogen-bond donors (Lipinski definition) is 0. The van der Waals surface area contributed by atoms with Crippen LogP contribution >= 0.6 is 0 Å². The molecule has 1 aliphatic carbocycles. The third kappa shape index (κ3) is 3.32. The molecule has 0 amide bonds. The molecule has 4 heteroatoms. The van der Waals surface area contributed by atoms with Gasteiger partial charge in [-0.05, 0) is 36.5 Å². The maximum Gasteiger partial charge on any atom is 0.337 e. The second kappa shape index (κ2) is 5.98. The van der Waals surface area contributed by atoms with Crippen LogP contribution in [0.15, 0.2) is 24.3 Å². The molecule has 0 radical (unpaired) electrons. The predicted octanol–water partition coefficient (Wildman–Crippen LogP) is 2.59. The van der Waals surface area contributed by atoms with Gasteiger partial charge in [-0.15, -0.1) is 0 Å². The average molecular weight is 287 g/mol. The van der Waals surface area contributed by atoms with Crippen LogP contribution in [-0.4, -0.2) is 36.9 Å². The van der Waals surface area contributed by atoms with E-state index in [0.29, 0.717) is 24.2 Å². The second-order valence-electron chi connectivity index (χ2n) is 6.06. The Kier molecular flexibility index (Phi) is 4.06. The number of rotatable bonds is 4. The molecule has 0 spiro atoms. The van der Waals surface area contributed by atoms with Gasteiger partial charge in [0.1, 0.15) is 5.78 Å². The minimum absolute atomic E-state index is 0.165. The summed E-state index contributed by atoms with van der Waals surface area (Å²) in [6.07, 6.45) is 3.89. The summed E-state index contributed by atoms with van der Waals surface area (Å²) in [7, 11) is 1.38. The molecule has 0 bridgehead atoms. The molecule has 1 saturated heterocycles.